The Morgan fingerprint density at radius 2 is 1.86 bits per heavy atom. The number of carbonyl (C=O) groups excluding carboxylic acids is 3. The highest BCUT2D eigenvalue weighted by molar-refractivity contribution is 7.12. The number of rotatable bonds is 3. The van der Waals surface area contributed by atoms with E-state index in [-0.39, 0.29) is 11.8 Å². The molecule has 1 heterocycles. The van der Waals surface area contributed by atoms with Crippen LogP contribution in [-0.4, -0.2) is 17.8 Å². The second-order valence-electron chi connectivity index (χ2n) is 5.70. The summed E-state index contributed by atoms with van der Waals surface area (Å²) < 4.78 is 0. The minimum absolute atomic E-state index is 0.103. The van der Waals surface area contributed by atoms with Crippen LogP contribution in [0, 0.1) is 30.6 Å². The van der Waals surface area contributed by atoms with Gasteiger partial charge in [0.2, 0.25) is 5.91 Å². The lowest BCUT2D eigenvalue weighted by molar-refractivity contribution is -0.313. The van der Waals surface area contributed by atoms with Gasteiger partial charge in [-0.2, -0.15) is 0 Å². The van der Waals surface area contributed by atoms with Crippen molar-refractivity contribution in [2.75, 3.05) is 0 Å². The zero-order valence-electron chi connectivity index (χ0n) is 11.9. The number of carbonyl (C=O) groups is 3. The van der Waals surface area contributed by atoms with Gasteiger partial charge in [0.15, 0.2) is 0 Å². The molecule has 1 saturated carbocycles. The SMILES string of the molecule is Cc1ccsc1C(=O)NNC(=O)[C@H]1[C@@H](C(=O)[O-])[C@H]2C=C[C@H]1C2. The van der Waals surface area contributed by atoms with Crippen molar-refractivity contribution in [1.29, 1.82) is 0 Å². The lowest BCUT2D eigenvalue weighted by atomic mass is 9.82. The molecule has 7 heteroatoms. The Kier molecular flexibility index (Phi) is 3.74. The van der Waals surface area contributed by atoms with Crippen LogP contribution in [0.25, 0.3) is 0 Å². The number of nitrogens with one attached hydrogen (secondary N) is 2. The van der Waals surface area contributed by atoms with E-state index in [2.05, 4.69) is 10.9 Å². The van der Waals surface area contributed by atoms with Crippen LogP contribution in [0.15, 0.2) is 23.6 Å². The van der Waals surface area contributed by atoms with E-state index in [0.29, 0.717) is 11.3 Å². The van der Waals surface area contributed by atoms with E-state index in [9.17, 15) is 19.5 Å². The smallest absolute Gasteiger partial charge is 0.280 e. The van der Waals surface area contributed by atoms with Gasteiger partial charge in [0.1, 0.15) is 0 Å². The Bertz CT molecular complexity index is 666. The minimum atomic E-state index is -1.21. The average Bonchev–Trinajstić information content (AvgIpc) is 3.18. The molecule has 2 amide bonds. The molecule has 22 heavy (non-hydrogen) atoms. The largest absolute Gasteiger partial charge is 0.550 e. The van der Waals surface area contributed by atoms with Gasteiger partial charge >= 0.3 is 0 Å². The van der Waals surface area contributed by atoms with Gasteiger partial charge in [-0.25, -0.2) is 0 Å². The lowest BCUT2D eigenvalue weighted by Gasteiger charge is -2.27. The summed E-state index contributed by atoms with van der Waals surface area (Å²) in [4.78, 5) is 36.0. The minimum Gasteiger partial charge on any atom is -0.550 e. The molecule has 0 aromatic carbocycles. The first-order valence-corrected chi connectivity index (χ1v) is 7.90. The highest BCUT2D eigenvalue weighted by Gasteiger charge is 2.48. The second-order valence-corrected chi connectivity index (χ2v) is 6.61. The third kappa shape index (κ3) is 2.41. The summed E-state index contributed by atoms with van der Waals surface area (Å²) in [7, 11) is 0. The molecule has 1 aromatic rings. The number of carboxylic acid groups (broad SMARTS) is 1. The van der Waals surface area contributed by atoms with Crippen molar-refractivity contribution in [2.45, 2.75) is 13.3 Å². The van der Waals surface area contributed by atoms with E-state index in [1.807, 2.05) is 18.2 Å². The average molecular weight is 319 g/mol. The first-order valence-electron chi connectivity index (χ1n) is 7.02. The Morgan fingerprint density at radius 3 is 2.45 bits per heavy atom. The number of hydrogen-bond donors (Lipinski definition) is 2. The van der Waals surface area contributed by atoms with Crippen molar-refractivity contribution in [1.82, 2.24) is 10.9 Å². The third-order valence-electron chi connectivity index (χ3n) is 4.40. The molecule has 0 saturated heterocycles. The molecule has 2 aliphatic rings. The zero-order chi connectivity index (χ0) is 15.9. The van der Waals surface area contributed by atoms with E-state index >= 15 is 0 Å². The molecule has 2 aliphatic carbocycles. The maximum Gasteiger partial charge on any atom is 0.280 e. The van der Waals surface area contributed by atoms with Crippen molar-refractivity contribution in [3.05, 3.63) is 34.0 Å². The molecule has 116 valence electrons. The normalized spacial score (nSPS) is 28.6. The molecular weight excluding hydrogens is 304 g/mol. The third-order valence-corrected chi connectivity index (χ3v) is 5.42. The van der Waals surface area contributed by atoms with E-state index in [0.717, 1.165) is 5.56 Å². The summed E-state index contributed by atoms with van der Waals surface area (Å²) in [5.41, 5.74) is 5.53. The molecule has 6 nitrogen and oxygen atoms in total. The van der Waals surface area contributed by atoms with Gasteiger partial charge in [0.25, 0.3) is 5.91 Å². The molecule has 1 aromatic heterocycles. The van der Waals surface area contributed by atoms with Crippen LogP contribution < -0.4 is 16.0 Å². The first-order chi connectivity index (χ1) is 10.5. The van der Waals surface area contributed by atoms with Gasteiger partial charge in [0.05, 0.1) is 10.8 Å². The molecule has 3 rings (SSSR count). The van der Waals surface area contributed by atoms with Gasteiger partial charge < -0.3 is 9.90 Å². The monoisotopic (exact) mass is 319 g/mol. The van der Waals surface area contributed by atoms with Gasteiger partial charge in [-0.3, -0.25) is 20.4 Å². The fraction of sp³-hybridized carbons (Fsp3) is 0.400. The summed E-state index contributed by atoms with van der Waals surface area (Å²) in [5, 5.41) is 13.1. The van der Waals surface area contributed by atoms with E-state index < -0.39 is 29.6 Å². The zero-order valence-corrected chi connectivity index (χ0v) is 12.7. The standard InChI is InChI=1S/C15H16N2O4S/c1-7-4-5-22-12(7)14(19)17-16-13(18)10-8-2-3-9(6-8)11(10)15(20)21/h2-5,8-11H,6H2,1H3,(H,16,18)(H,17,19)(H,20,21)/p-1/t8-,9-,10+,11-/m0/s1. The molecule has 4 atom stereocenters. The number of allylic oxidation sites excluding steroid dienone is 2. The molecule has 1 fully saturated rings. The van der Waals surface area contributed by atoms with Crippen molar-refractivity contribution >= 4 is 29.1 Å². The number of amides is 2. The fourth-order valence-corrected chi connectivity index (χ4v) is 4.19. The molecular formula is C15H15N2O4S-. The number of aryl methyl sites for hydroxylation is 1. The predicted molar refractivity (Wildman–Crippen MR) is 77.4 cm³/mol. The second kappa shape index (κ2) is 5.57. The summed E-state index contributed by atoms with van der Waals surface area (Å²) in [6, 6.07) is 1.81. The molecule has 0 unspecified atom stereocenters. The van der Waals surface area contributed by atoms with Crippen LogP contribution in [0.2, 0.25) is 0 Å². The van der Waals surface area contributed by atoms with Crippen LogP contribution in [0.4, 0.5) is 0 Å². The molecule has 0 radical (unpaired) electrons. The molecule has 0 aliphatic heterocycles. The Labute approximate surface area is 131 Å². The van der Waals surface area contributed by atoms with Crippen molar-refractivity contribution in [3.63, 3.8) is 0 Å². The number of fused-ring (bicyclic) bond motifs is 2. The number of hydrogen-bond acceptors (Lipinski definition) is 5. The van der Waals surface area contributed by atoms with Gasteiger partial charge in [-0.1, -0.05) is 12.2 Å². The Balaban J connectivity index is 1.65. The number of carboxylic acids is 1. The van der Waals surface area contributed by atoms with Crippen molar-refractivity contribution < 1.29 is 19.5 Å². The summed E-state index contributed by atoms with van der Waals surface area (Å²) in [6.07, 6.45) is 4.36. The van der Waals surface area contributed by atoms with Crippen molar-refractivity contribution in [2.24, 2.45) is 23.7 Å². The van der Waals surface area contributed by atoms with Crippen LogP contribution in [-0.2, 0) is 9.59 Å². The van der Waals surface area contributed by atoms with E-state index in [1.165, 1.54) is 11.3 Å². The van der Waals surface area contributed by atoms with Gasteiger partial charge in [-0.15, -0.1) is 11.3 Å². The topological polar surface area (TPSA) is 98.3 Å². The lowest BCUT2D eigenvalue weighted by Crippen LogP contribution is -2.50. The van der Waals surface area contributed by atoms with Crippen LogP contribution in [0.5, 0.6) is 0 Å². The van der Waals surface area contributed by atoms with E-state index in [1.54, 1.807) is 12.3 Å². The van der Waals surface area contributed by atoms with Gasteiger partial charge in [-0.05, 0) is 42.2 Å². The molecule has 0 spiro atoms. The van der Waals surface area contributed by atoms with Crippen LogP contribution in [0.3, 0.4) is 0 Å². The van der Waals surface area contributed by atoms with E-state index in [4.69, 9.17) is 0 Å². The first kappa shape index (κ1) is 14.8. The predicted octanol–water partition coefficient (Wildman–Crippen LogP) is 0.00572. The number of thiophene rings is 1. The summed E-state index contributed by atoms with van der Waals surface area (Å²) in [5.74, 6) is -3.86. The van der Waals surface area contributed by atoms with Crippen molar-refractivity contribution in [3.8, 4) is 0 Å². The summed E-state index contributed by atoms with van der Waals surface area (Å²) in [6.45, 7) is 1.81. The van der Waals surface area contributed by atoms with Crippen LogP contribution in [0.1, 0.15) is 21.7 Å². The summed E-state index contributed by atoms with van der Waals surface area (Å²) >= 11 is 1.28. The Hall–Kier alpha value is -2.15. The highest BCUT2D eigenvalue weighted by Crippen LogP contribution is 2.47. The Morgan fingerprint density at radius 1 is 1.18 bits per heavy atom. The maximum absolute atomic E-state index is 12.3. The fourth-order valence-electron chi connectivity index (χ4n) is 3.36. The molecule has 2 bridgehead atoms. The van der Waals surface area contributed by atoms with Gasteiger partial charge in [0, 0.05) is 11.9 Å². The van der Waals surface area contributed by atoms with Crippen LogP contribution >= 0.6 is 11.3 Å². The molecule has 2 N–H and O–H groups in total. The highest BCUT2D eigenvalue weighted by atomic mass is 32.1. The number of hydrazine groups is 1. The quantitative estimate of drug-likeness (QED) is 0.605. The number of aliphatic carboxylic acids is 1. The maximum atomic E-state index is 12.3.